The number of rotatable bonds is 6. The average Bonchev–Trinajstić information content (AvgIpc) is 2.96. The fourth-order valence-corrected chi connectivity index (χ4v) is 5.15. The summed E-state index contributed by atoms with van der Waals surface area (Å²) in [6.45, 7) is 0. The average molecular weight is 515 g/mol. The number of ether oxygens (including phenoxy) is 1. The van der Waals surface area contributed by atoms with E-state index in [-0.39, 0.29) is 28.9 Å². The molecule has 188 valence electrons. The van der Waals surface area contributed by atoms with E-state index in [0.717, 1.165) is 27.7 Å². The second-order valence-corrected chi connectivity index (χ2v) is 9.62. The number of nitrogens with one attached hydrogen (secondary N) is 1. The minimum Gasteiger partial charge on any atom is -0.469 e. The minimum absolute atomic E-state index is 0.0962. The third kappa shape index (κ3) is 5.47. The molecule has 2 heterocycles. The quantitative estimate of drug-likeness (QED) is 0.340. The zero-order chi connectivity index (χ0) is 25.8. The first-order chi connectivity index (χ1) is 18.0. The number of benzene rings is 2. The van der Waals surface area contributed by atoms with Crippen molar-refractivity contribution in [2.24, 2.45) is 11.8 Å². The second-order valence-electron chi connectivity index (χ2n) is 9.26. The van der Waals surface area contributed by atoms with Crippen LogP contribution >= 0.6 is 11.6 Å². The van der Waals surface area contributed by atoms with E-state index in [1.54, 1.807) is 6.20 Å². The molecule has 2 aromatic heterocycles. The van der Waals surface area contributed by atoms with Gasteiger partial charge in [0.05, 0.1) is 30.3 Å². The number of hydrogen-bond donors (Lipinski definition) is 1. The summed E-state index contributed by atoms with van der Waals surface area (Å²) < 4.78 is 4.88. The van der Waals surface area contributed by atoms with Crippen LogP contribution in [-0.4, -0.2) is 33.9 Å². The molecule has 0 spiro atoms. The number of esters is 1. The maximum absolute atomic E-state index is 13.4. The van der Waals surface area contributed by atoms with Crippen LogP contribution in [0.2, 0.25) is 5.15 Å². The molecular weight excluding hydrogens is 488 g/mol. The SMILES string of the molecule is COC(=O)C1CCC(C(=O)NC(c2ccc3ccc(-c4ccccc4)nc3c2)c2nccnc2Cl)CC1. The van der Waals surface area contributed by atoms with E-state index in [1.165, 1.54) is 13.3 Å². The van der Waals surface area contributed by atoms with Crippen molar-refractivity contribution in [1.29, 1.82) is 0 Å². The van der Waals surface area contributed by atoms with Crippen molar-refractivity contribution in [2.45, 2.75) is 31.7 Å². The van der Waals surface area contributed by atoms with Gasteiger partial charge >= 0.3 is 5.97 Å². The van der Waals surface area contributed by atoms with Gasteiger partial charge in [0.25, 0.3) is 0 Å². The van der Waals surface area contributed by atoms with Crippen LogP contribution < -0.4 is 5.32 Å². The maximum atomic E-state index is 13.4. The Balaban J connectivity index is 1.45. The standard InChI is InChI=1S/C29H27ClN4O3/c1-37-29(36)21-10-8-20(9-11-21)28(35)34-25(26-27(30)32-16-15-31-26)22-12-7-19-13-14-23(33-24(19)17-22)18-5-3-2-4-6-18/h2-7,12-17,20-21,25H,8-11H2,1H3,(H,34,35). The van der Waals surface area contributed by atoms with Gasteiger partial charge in [-0.25, -0.2) is 9.97 Å². The summed E-state index contributed by atoms with van der Waals surface area (Å²) in [5.41, 5.74) is 3.98. The van der Waals surface area contributed by atoms with Gasteiger partial charge < -0.3 is 10.1 Å². The summed E-state index contributed by atoms with van der Waals surface area (Å²) >= 11 is 6.44. The highest BCUT2D eigenvalue weighted by molar-refractivity contribution is 6.30. The Bertz CT molecular complexity index is 1420. The maximum Gasteiger partial charge on any atom is 0.308 e. The number of aromatic nitrogens is 3. The summed E-state index contributed by atoms with van der Waals surface area (Å²) in [6, 6.07) is 19.3. The Kier molecular flexibility index (Phi) is 7.42. The lowest BCUT2D eigenvalue weighted by atomic mass is 9.81. The first-order valence-corrected chi connectivity index (χ1v) is 12.7. The van der Waals surface area contributed by atoms with E-state index >= 15 is 0 Å². The molecule has 1 aliphatic rings. The van der Waals surface area contributed by atoms with Gasteiger partial charge in [-0.3, -0.25) is 14.6 Å². The zero-order valence-corrected chi connectivity index (χ0v) is 21.2. The molecule has 1 atom stereocenters. The van der Waals surface area contributed by atoms with Crippen LogP contribution in [0.1, 0.15) is 43.0 Å². The lowest BCUT2D eigenvalue weighted by molar-refractivity contribution is -0.147. The molecule has 0 bridgehead atoms. The van der Waals surface area contributed by atoms with Crippen LogP contribution in [0.15, 0.2) is 73.1 Å². The first kappa shape index (κ1) is 24.8. The number of amides is 1. The summed E-state index contributed by atoms with van der Waals surface area (Å²) in [6.07, 6.45) is 5.58. The predicted octanol–water partition coefficient (Wildman–Crippen LogP) is 5.53. The number of halogens is 1. The smallest absolute Gasteiger partial charge is 0.308 e. The number of methoxy groups -OCH3 is 1. The van der Waals surface area contributed by atoms with Gasteiger partial charge in [-0.15, -0.1) is 0 Å². The molecule has 0 radical (unpaired) electrons. The number of carbonyl (C=O) groups is 2. The van der Waals surface area contributed by atoms with E-state index in [9.17, 15) is 9.59 Å². The third-order valence-corrected chi connectivity index (χ3v) is 7.28. The molecule has 7 nitrogen and oxygen atoms in total. The van der Waals surface area contributed by atoms with Crippen molar-refractivity contribution in [3.8, 4) is 11.3 Å². The van der Waals surface area contributed by atoms with E-state index in [2.05, 4.69) is 15.3 Å². The molecule has 1 N–H and O–H groups in total. The largest absolute Gasteiger partial charge is 0.469 e. The van der Waals surface area contributed by atoms with Gasteiger partial charge in [-0.05, 0) is 43.4 Å². The second kappa shape index (κ2) is 11.0. The Hall–Kier alpha value is -3.84. The van der Waals surface area contributed by atoms with Crippen LogP contribution in [0, 0.1) is 11.8 Å². The Morgan fingerprint density at radius 1 is 0.946 bits per heavy atom. The molecule has 5 rings (SSSR count). The van der Waals surface area contributed by atoms with Crippen molar-refractivity contribution in [3.63, 3.8) is 0 Å². The summed E-state index contributed by atoms with van der Waals surface area (Å²) in [7, 11) is 1.40. The molecule has 2 aromatic carbocycles. The van der Waals surface area contributed by atoms with Crippen molar-refractivity contribution < 1.29 is 14.3 Å². The van der Waals surface area contributed by atoms with Crippen molar-refractivity contribution in [1.82, 2.24) is 20.3 Å². The highest BCUT2D eigenvalue weighted by Gasteiger charge is 2.32. The molecule has 8 heteroatoms. The van der Waals surface area contributed by atoms with Gasteiger partial charge in [0.1, 0.15) is 5.69 Å². The fourth-order valence-electron chi connectivity index (χ4n) is 4.94. The molecule has 1 amide bonds. The number of carbonyl (C=O) groups excluding carboxylic acids is 2. The highest BCUT2D eigenvalue weighted by Crippen LogP contribution is 2.32. The van der Waals surface area contributed by atoms with E-state index in [0.29, 0.717) is 31.4 Å². The molecule has 1 fully saturated rings. The molecule has 0 saturated heterocycles. The molecule has 1 aliphatic carbocycles. The number of pyridine rings is 1. The molecule has 1 saturated carbocycles. The normalized spacial score (nSPS) is 18.2. The Morgan fingerprint density at radius 3 is 2.38 bits per heavy atom. The molecule has 1 unspecified atom stereocenters. The molecule has 4 aromatic rings. The van der Waals surface area contributed by atoms with Gasteiger partial charge in [-0.2, -0.15) is 0 Å². The summed E-state index contributed by atoms with van der Waals surface area (Å²) in [5.74, 6) is -0.658. The minimum atomic E-state index is -0.599. The summed E-state index contributed by atoms with van der Waals surface area (Å²) in [4.78, 5) is 38.8. The Morgan fingerprint density at radius 2 is 1.65 bits per heavy atom. The molecule has 37 heavy (non-hydrogen) atoms. The van der Waals surface area contributed by atoms with Gasteiger partial charge in [0.15, 0.2) is 5.15 Å². The van der Waals surface area contributed by atoms with Crippen LogP contribution in [-0.2, 0) is 14.3 Å². The Labute approximate surface area is 220 Å². The van der Waals surface area contributed by atoms with Gasteiger partial charge in [0.2, 0.25) is 5.91 Å². The fraction of sp³-hybridized carbons (Fsp3) is 0.276. The molecule has 0 aliphatic heterocycles. The van der Waals surface area contributed by atoms with Crippen LogP contribution in [0.3, 0.4) is 0 Å². The third-order valence-electron chi connectivity index (χ3n) is 6.99. The van der Waals surface area contributed by atoms with Crippen molar-refractivity contribution in [3.05, 3.63) is 89.5 Å². The zero-order valence-electron chi connectivity index (χ0n) is 20.4. The lowest BCUT2D eigenvalue weighted by Gasteiger charge is -2.28. The highest BCUT2D eigenvalue weighted by atomic mass is 35.5. The predicted molar refractivity (Wildman–Crippen MR) is 142 cm³/mol. The van der Waals surface area contributed by atoms with Crippen molar-refractivity contribution >= 4 is 34.4 Å². The number of nitrogens with zero attached hydrogens (tertiary/aromatic N) is 3. The van der Waals surface area contributed by atoms with E-state index in [4.69, 9.17) is 21.3 Å². The van der Waals surface area contributed by atoms with E-state index in [1.807, 2.05) is 60.7 Å². The van der Waals surface area contributed by atoms with Crippen LogP contribution in [0.25, 0.3) is 22.2 Å². The van der Waals surface area contributed by atoms with Gasteiger partial charge in [0, 0.05) is 29.3 Å². The van der Waals surface area contributed by atoms with Crippen LogP contribution in [0.5, 0.6) is 0 Å². The van der Waals surface area contributed by atoms with Gasteiger partial charge in [-0.1, -0.05) is 60.1 Å². The number of fused-ring (bicyclic) bond motifs is 1. The monoisotopic (exact) mass is 514 g/mol. The van der Waals surface area contributed by atoms with Crippen LogP contribution in [0.4, 0.5) is 0 Å². The first-order valence-electron chi connectivity index (χ1n) is 12.3. The summed E-state index contributed by atoms with van der Waals surface area (Å²) in [5, 5.41) is 4.38. The number of hydrogen-bond acceptors (Lipinski definition) is 6. The van der Waals surface area contributed by atoms with E-state index < -0.39 is 6.04 Å². The lowest BCUT2D eigenvalue weighted by Crippen LogP contribution is -2.37. The molecular formula is C29H27ClN4O3. The topological polar surface area (TPSA) is 94.1 Å². The van der Waals surface area contributed by atoms with Crippen molar-refractivity contribution in [2.75, 3.05) is 7.11 Å².